The number of H-pyrrole nitrogens is 1. The first-order chi connectivity index (χ1) is 12.8. The van der Waals surface area contributed by atoms with Crippen LogP contribution in [0.4, 0.5) is 5.69 Å². The normalized spacial score (nSPS) is 10.2. The number of anilines is 1. The van der Waals surface area contributed by atoms with Crippen LogP contribution in [-0.2, 0) is 14.3 Å². The van der Waals surface area contributed by atoms with E-state index in [-0.39, 0.29) is 23.9 Å². The highest BCUT2D eigenvalue weighted by atomic mass is 16.5. The monoisotopic (exact) mass is 371 g/mol. The van der Waals surface area contributed by atoms with Crippen LogP contribution in [-0.4, -0.2) is 41.7 Å². The lowest BCUT2D eigenvalue weighted by Crippen LogP contribution is -2.35. The fourth-order valence-corrected chi connectivity index (χ4v) is 2.35. The molecule has 0 aliphatic heterocycles. The summed E-state index contributed by atoms with van der Waals surface area (Å²) in [6.07, 6.45) is 1.39. The molecule has 0 saturated heterocycles. The first-order valence-electron chi connectivity index (χ1n) is 8.27. The van der Waals surface area contributed by atoms with Gasteiger partial charge in [0.25, 0.3) is 5.91 Å². The summed E-state index contributed by atoms with van der Waals surface area (Å²) in [6.45, 7) is 4.33. The third-order valence-electron chi connectivity index (χ3n) is 3.84. The van der Waals surface area contributed by atoms with Crippen LogP contribution in [0.15, 0.2) is 30.5 Å². The van der Waals surface area contributed by atoms with Crippen molar-refractivity contribution in [3.05, 3.63) is 52.8 Å². The van der Waals surface area contributed by atoms with Gasteiger partial charge in [-0.1, -0.05) is 18.2 Å². The molecule has 8 nitrogen and oxygen atoms in total. The van der Waals surface area contributed by atoms with E-state index in [9.17, 15) is 19.2 Å². The Balaban J connectivity index is 1.77. The van der Waals surface area contributed by atoms with Crippen molar-refractivity contribution in [2.45, 2.75) is 20.8 Å². The summed E-state index contributed by atoms with van der Waals surface area (Å²) in [7, 11) is 0. The molecule has 3 N–H and O–H groups in total. The van der Waals surface area contributed by atoms with Gasteiger partial charge >= 0.3 is 5.97 Å². The van der Waals surface area contributed by atoms with Crippen molar-refractivity contribution in [1.82, 2.24) is 10.3 Å². The Morgan fingerprint density at radius 2 is 1.74 bits per heavy atom. The quantitative estimate of drug-likeness (QED) is 0.506. The summed E-state index contributed by atoms with van der Waals surface area (Å²) in [5, 5.41) is 5.12. The molecule has 1 aromatic heterocycles. The van der Waals surface area contributed by atoms with Gasteiger partial charge in [0.15, 0.2) is 12.4 Å². The van der Waals surface area contributed by atoms with E-state index in [0.29, 0.717) is 11.3 Å². The SMILES string of the molecule is CC(=O)c1c[nH]c(C(=O)OCC(=O)NCC(=O)Nc2c(C)cccc2C)c1. The minimum Gasteiger partial charge on any atom is -0.451 e. The largest absolute Gasteiger partial charge is 0.451 e. The zero-order valence-electron chi connectivity index (χ0n) is 15.3. The topological polar surface area (TPSA) is 117 Å². The Morgan fingerprint density at radius 1 is 1.07 bits per heavy atom. The van der Waals surface area contributed by atoms with Gasteiger partial charge < -0.3 is 20.4 Å². The van der Waals surface area contributed by atoms with E-state index in [0.717, 1.165) is 11.1 Å². The smallest absolute Gasteiger partial charge is 0.355 e. The molecule has 0 saturated carbocycles. The standard InChI is InChI=1S/C19H21N3O5/c1-11-5-4-6-12(2)18(11)22-16(24)9-21-17(25)10-27-19(26)15-7-14(8-20-15)13(3)23/h4-8,20H,9-10H2,1-3H3,(H,21,25)(H,22,24). The van der Waals surface area contributed by atoms with Crippen LogP contribution >= 0.6 is 0 Å². The van der Waals surface area contributed by atoms with E-state index in [1.54, 1.807) is 0 Å². The summed E-state index contributed by atoms with van der Waals surface area (Å²) in [4.78, 5) is 49.3. The molecule has 0 aliphatic rings. The molecule has 1 heterocycles. The first kappa shape index (κ1) is 19.9. The summed E-state index contributed by atoms with van der Waals surface area (Å²) < 4.78 is 4.85. The average Bonchev–Trinajstić information content (AvgIpc) is 3.11. The van der Waals surface area contributed by atoms with Crippen molar-refractivity contribution in [2.24, 2.45) is 0 Å². The number of hydrogen-bond donors (Lipinski definition) is 3. The Bertz CT molecular complexity index is 865. The number of benzene rings is 1. The zero-order valence-corrected chi connectivity index (χ0v) is 15.3. The molecule has 0 radical (unpaired) electrons. The van der Waals surface area contributed by atoms with Gasteiger partial charge in [0.05, 0.1) is 6.54 Å². The number of aromatic amines is 1. The molecule has 0 fully saturated rings. The number of aryl methyl sites for hydroxylation is 2. The van der Waals surface area contributed by atoms with Crippen molar-refractivity contribution in [1.29, 1.82) is 0 Å². The van der Waals surface area contributed by atoms with Crippen LogP contribution < -0.4 is 10.6 Å². The molecular formula is C19H21N3O5. The van der Waals surface area contributed by atoms with E-state index in [2.05, 4.69) is 15.6 Å². The van der Waals surface area contributed by atoms with E-state index < -0.39 is 18.5 Å². The fraction of sp³-hybridized carbons (Fsp3) is 0.263. The molecular weight excluding hydrogens is 350 g/mol. The highest BCUT2D eigenvalue weighted by molar-refractivity contribution is 5.98. The second-order valence-electron chi connectivity index (χ2n) is 6.03. The molecule has 0 atom stereocenters. The molecule has 0 aliphatic carbocycles. The van der Waals surface area contributed by atoms with Gasteiger partial charge in [-0.2, -0.15) is 0 Å². The lowest BCUT2D eigenvalue weighted by atomic mass is 10.1. The van der Waals surface area contributed by atoms with Gasteiger partial charge in [-0.25, -0.2) is 4.79 Å². The Kier molecular flexibility index (Phi) is 6.48. The second kappa shape index (κ2) is 8.79. The van der Waals surface area contributed by atoms with Crippen LogP contribution in [0, 0.1) is 13.8 Å². The maximum atomic E-state index is 12.0. The minimum absolute atomic E-state index is 0.0702. The number of ketones is 1. The fourth-order valence-electron chi connectivity index (χ4n) is 2.35. The van der Waals surface area contributed by atoms with Crippen LogP contribution in [0.2, 0.25) is 0 Å². The summed E-state index contributed by atoms with van der Waals surface area (Å²) in [6, 6.07) is 6.98. The number of carbonyl (C=O) groups is 4. The number of para-hydroxylation sites is 1. The van der Waals surface area contributed by atoms with Gasteiger partial charge in [0.1, 0.15) is 5.69 Å². The molecule has 1 aromatic carbocycles. The average molecular weight is 371 g/mol. The number of ether oxygens (including phenoxy) is 1. The van der Waals surface area contributed by atoms with Gasteiger partial charge in [0.2, 0.25) is 5.91 Å². The third kappa shape index (κ3) is 5.53. The molecule has 8 heteroatoms. The van der Waals surface area contributed by atoms with Crippen LogP contribution in [0.25, 0.3) is 0 Å². The number of amides is 2. The Hall–Kier alpha value is -3.42. The number of nitrogens with one attached hydrogen (secondary N) is 3. The molecule has 2 aromatic rings. The van der Waals surface area contributed by atoms with Gasteiger partial charge in [-0.05, 0) is 38.0 Å². The van der Waals surface area contributed by atoms with Crippen molar-refractivity contribution >= 4 is 29.3 Å². The van der Waals surface area contributed by atoms with E-state index >= 15 is 0 Å². The number of rotatable bonds is 7. The zero-order chi connectivity index (χ0) is 20.0. The maximum absolute atomic E-state index is 12.0. The molecule has 27 heavy (non-hydrogen) atoms. The predicted octanol–water partition coefficient (Wildman–Crippen LogP) is 1.75. The third-order valence-corrected chi connectivity index (χ3v) is 3.84. The van der Waals surface area contributed by atoms with Crippen molar-refractivity contribution in [3.63, 3.8) is 0 Å². The maximum Gasteiger partial charge on any atom is 0.355 e. The molecule has 0 spiro atoms. The van der Waals surface area contributed by atoms with Gasteiger partial charge in [0, 0.05) is 17.4 Å². The molecule has 142 valence electrons. The van der Waals surface area contributed by atoms with Crippen molar-refractivity contribution in [2.75, 3.05) is 18.5 Å². The molecule has 0 unspecified atom stereocenters. The lowest BCUT2D eigenvalue weighted by molar-refractivity contribution is -0.126. The van der Waals surface area contributed by atoms with Crippen molar-refractivity contribution < 1.29 is 23.9 Å². The number of Topliss-reactive ketones (excluding diaryl/α,β-unsaturated/α-hetero) is 1. The van der Waals surface area contributed by atoms with Crippen LogP contribution in [0.1, 0.15) is 38.9 Å². The van der Waals surface area contributed by atoms with Gasteiger partial charge in [-0.3, -0.25) is 14.4 Å². The summed E-state index contributed by atoms with van der Waals surface area (Å²) in [5.41, 5.74) is 2.95. The summed E-state index contributed by atoms with van der Waals surface area (Å²) in [5.74, 6) is -1.96. The predicted molar refractivity (Wildman–Crippen MR) is 98.6 cm³/mol. The van der Waals surface area contributed by atoms with E-state index in [4.69, 9.17) is 4.74 Å². The number of aromatic nitrogens is 1. The van der Waals surface area contributed by atoms with Crippen LogP contribution in [0.3, 0.4) is 0 Å². The summed E-state index contributed by atoms with van der Waals surface area (Å²) >= 11 is 0. The van der Waals surface area contributed by atoms with Gasteiger partial charge in [-0.15, -0.1) is 0 Å². The number of carbonyl (C=O) groups excluding carboxylic acids is 4. The second-order valence-corrected chi connectivity index (χ2v) is 6.03. The number of esters is 1. The molecule has 0 bridgehead atoms. The van der Waals surface area contributed by atoms with E-state index in [1.807, 2.05) is 32.0 Å². The molecule has 2 amide bonds. The van der Waals surface area contributed by atoms with Crippen LogP contribution in [0.5, 0.6) is 0 Å². The highest BCUT2D eigenvalue weighted by Gasteiger charge is 2.14. The first-order valence-corrected chi connectivity index (χ1v) is 8.27. The Labute approximate surface area is 156 Å². The number of hydrogen-bond acceptors (Lipinski definition) is 5. The lowest BCUT2D eigenvalue weighted by Gasteiger charge is -2.12. The molecule has 2 rings (SSSR count). The highest BCUT2D eigenvalue weighted by Crippen LogP contribution is 2.18. The van der Waals surface area contributed by atoms with Crippen molar-refractivity contribution in [3.8, 4) is 0 Å². The Morgan fingerprint density at radius 3 is 2.33 bits per heavy atom. The van der Waals surface area contributed by atoms with E-state index in [1.165, 1.54) is 19.2 Å². The minimum atomic E-state index is -0.766.